The van der Waals surface area contributed by atoms with E-state index in [1.54, 1.807) is 9.80 Å². The molecule has 3 fully saturated rings. The van der Waals surface area contributed by atoms with E-state index < -0.39 is 0 Å². The van der Waals surface area contributed by atoms with Gasteiger partial charge in [-0.15, -0.1) is 6.58 Å². The van der Waals surface area contributed by atoms with Crippen molar-refractivity contribution in [2.75, 3.05) is 56.0 Å². The first kappa shape index (κ1) is 23.1. The Morgan fingerprint density at radius 2 is 1.73 bits per heavy atom. The van der Waals surface area contributed by atoms with E-state index in [1.165, 1.54) is 18.9 Å². The van der Waals surface area contributed by atoms with Crippen molar-refractivity contribution in [2.24, 2.45) is 0 Å². The van der Waals surface area contributed by atoms with E-state index >= 15 is 0 Å². The molecule has 3 saturated heterocycles. The summed E-state index contributed by atoms with van der Waals surface area (Å²) in [7, 11) is 0. The van der Waals surface area contributed by atoms with E-state index in [9.17, 15) is 9.59 Å². The first-order valence-electron chi connectivity index (χ1n) is 11.9. The molecule has 3 aliphatic heterocycles. The molecule has 3 aliphatic rings. The van der Waals surface area contributed by atoms with Gasteiger partial charge in [-0.05, 0) is 55.6 Å². The zero-order chi connectivity index (χ0) is 23.4. The van der Waals surface area contributed by atoms with Crippen LogP contribution in [-0.2, 0) is 4.79 Å². The topological polar surface area (TPSA) is 59.1 Å². The fourth-order valence-corrected chi connectivity index (χ4v) is 5.30. The fourth-order valence-electron chi connectivity index (χ4n) is 5.30. The van der Waals surface area contributed by atoms with Crippen molar-refractivity contribution < 1.29 is 9.59 Å². The minimum atomic E-state index is -0.144. The molecule has 33 heavy (non-hydrogen) atoms. The summed E-state index contributed by atoms with van der Waals surface area (Å²) < 4.78 is 0. The van der Waals surface area contributed by atoms with Crippen LogP contribution in [0.1, 0.15) is 24.8 Å². The highest BCUT2D eigenvalue weighted by atomic mass is 16.2. The summed E-state index contributed by atoms with van der Waals surface area (Å²) in [5.74, 6) is -0.0878. The molecular formula is C26H35N5O2. The van der Waals surface area contributed by atoms with Gasteiger partial charge in [0.05, 0.1) is 0 Å². The molecule has 0 aliphatic carbocycles. The maximum atomic E-state index is 12.7. The minimum Gasteiger partial charge on any atom is -0.369 e. The summed E-state index contributed by atoms with van der Waals surface area (Å²) in [6, 6.07) is 6.96. The molecule has 7 nitrogen and oxygen atoms in total. The van der Waals surface area contributed by atoms with Gasteiger partial charge in [0.2, 0.25) is 5.91 Å². The molecule has 0 bridgehead atoms. The lowest BCUT2D eigenvalue weighted by Crippen LogP contribution is -2.51. The minimum absolute atomic E-state index is 0.0878. The Labute approximate surface area is 197 Å². The lowest BCUT2D eigenvalue weighted by molar-refractivity contribution is -0.127. The van der Waals surface area contributed by atoms with E-state index in [1.807, 2.05) is 18.2 Å². The maximum Gasteiger partial charge on any atom is 0.321 e. The summed E-state index contributed by atoms with van der Waals surface area (Å²) in [5, 5.41) is 3.01. The lowest BCUT2D eigenvalue weighted by Gasteiger charge is -2.34. The van der Waals surface area contributed by atoms with Crippen molar-refractivity contribution in [3.05, 3.63) is 55.7 Å². The van der Waals surface area contributed by atoms with Gasteiger partial charge in [-0.3, -0.25) is 9.69 Å². The van der Waals surface area contributed by atoms with Gasteiger partial charge in [0.15, 0.2) is 0 Å². The highest BCUT2D eigenvalue weighted by Crippen LogP contribution is 2.32. The van der Waals surface area contributed by atoms with Gasteiger partial charge in [-0.1, -0.05) is 25.3 Å². The van der Waals surface area contributed by atoms with Crippen LogP contribution in [0.3, 0.4) is 0 Å². The molecule has 1 aromatic rings. The molecule has 176 valence electrons. The second-order valence-electron chi connectivity index (χ2n) is 9.00. The van der Waals surface area contributed by atoms with E-state index in [-0.39, 0.29) is 11.9 Å². The highest BCUT2D eigenvalue weighted by Gasteiger charge is 2.34. The number of likely N-dealkylation sites (tertiary alicyclic amines) is 1. The SMILES string of the molecule is C=CC(=O)N1CCN(C(=O)Nc2ccc(N3CCC(N4CCCC4C=C)C3)c(C=C)c2)CC1. The van der Waals surface area contributed by atoms with Crippen molar-refractivity contribution in [3.63, 3.8) is 0 Å². The molecule has 0 saturated carbocycles. The number of amides is 3. The van der Waals surface area contributed by atoms with Crippen LogP contribution < -0.4 is 10.2 Å². The smallest absolute Gasteiger partial charge is 0.321 e. The number of nitrogens with one attached hydrogen (secondary N) is 1. The second kappa shape index (κ2) is 10.3. The van der Waals surface area contributed by atoms with Crippen LogP contribution >= 0.6 is 0 Å². The predicted molar refractivity (Wildman–Crippen MR) is 134 cm³/mol. The number of rotatable bonds is 6. The van der Waals surface area contributed by atoms with Crippen molar-refractivity contribution in [3.8, 4) is 0 Å². The third-order valence-corrected chi connectivity index (χ3v) is 7.14. The maximum absolute atomic E-state index is 12.7. The number of piperazine rings is 1. The van der Waals surface area contributed by atoms with Gasteiger partial charge in [0.1, 0.15) is 0 Å². The third kappa shape index (κ3) is 4.98. The van der Waals surface area contributed by atoms with Crippen molar-refractivity contribution >= 4 is 29.4 Å². The van der Waals surface area contributed by atoms with Crippen LogP contribution in [0.4, 0.5) is 16.2 Å². The van der Waals surface area contributed by atoms with Crippen LogP contribution in [0.15, 0.2) is 50.1 Å². The summed E-state index contributed by atoms with van der Waals surface area (Å²) in [6.45, 7) is 16.8. The van der Waals surface area contributed by atoms with Crippen molar-refractivity contribution in [1.82, 2.24) is 14.7 Å². The van der Waals surface area contributed by atoms with Crippen LogP contribution in [0.5, 0.6) is 0 Å². The molecule has 2 atom stereocenters. The lowest BCUT2D eigenvalue weighted by atomic mass is 10.1. The number of carbonyl (C=O) groups excluding carboxylic acids is 2. The molecule has 1 aromatic carbocycles. The first-order chi connectivity index (χ1) is 16.0. The molecule has 2 unspecified atom stereocenters. The predicted octanol–water partition coefficient (Wildman–Crippen LogP) is 3.42. The molecular weight excluding hydrogens is 414 g/mol. The van der Waals surface area contributed by atoms with Gasteiger partial charge in [0.25, 0.3) is 0 Å². The van der Waals surface area contributed by atoms with Gasteiger partial charge in [-0.2, -0.15) is 0 Å². The summed E-state index contributed by atoms with van der Waals surface area (Å²) >= 11 is 0. The number of carbonyl (C=O) groups is 2. The Hall–Kier alpha value is -3.06. The monoisotopic (exact) mass is 449 g/mol. The molecule has 0 spiro atoms. The quantitative estimate of drug-likeness (QED) is 0.534. The number of hydrogen-bond acceptors (Lipinski definition) is 4. The summed E-state index contributed by atoms with van der Waals surface area (Å²) in [4.78, 5) is 33.0. The van der Waals surface area contributed by atoms with Gasteiger partial charge >= 0.3 is 6.03 Å². The van der Waals surface area contributed by atoms with Crippen LogP contribution in [0.2, 0.25) is 0 Å². The van der Waals surface area contributed by atoms with Crippen molar-refractivity contribution in [1.29, 1.82) is 0 Å². The molecule has 4 rings (SSSR count). The normalized spacial score (nSPS) is 23.5. The third-order valence-electron chi connectivity index (χ3n) is 7.14. The summed E-state index contributed by atoms with van der Waals surface area (Å²) in [5.41, 5.74) is 2.94. The average Bonchev–Trinajstić information content (AvgIpc) is 3.53. The number of benzene rings is 1. The number of hydrogen-bond donors (Lipinski definition) is 1. The molecule has 7 heteroatoms. The van der Waals surface area contributed by atoms with Gasteiger partial charge < -0.3 is 20.0 Å². The second-order valence-corrected chi connectivity index (χ2v) is 9.00. The first-order valence-corrected chi connectivity index (χ1v) is 11.9. The zero-order valence-corrected chi connectivity index (χ0v) is 19.4. The number of nitrogens with zero attached hydrogens (tertiary/aromatic N) is 4. The molecule has 1 N–H and O–H groups in total. The Bertz CT molecular complexity index is 921. The molecule has 3 heterocycles. The largest absolute Gasteiger partial charge is 0.369 e. The van der Waals surface area contributed by atoms with E-state index in [0.29, 0.717) is 38.3 Å². The summed E-state index contributed by atoms with van der Waals surface area (Å²) in [6.07, 6.45) is 8.89. The Balaban J connectivity index is 1.37. The number of anilines is 2. The van der Waals surface area contributed by atoms with Crippen LogP contribution in [0, 0.1) is 0 Å². The fraction of sp³-hybridized carbons (Fsp3) is 0.462. The van der Waals surface area contributed by atoms with E-state index in [2.05, 4.69) is 47.0 Å². The van der Waals surface area contributed by atoms with Crippen LogP contribution in [-0.4, -0.2) is 84.5 Å². The Kier molecular flexibility index (Phi) is 7.18. The number of urea groups is 1. The standard InChI is InChI=1S/C26H35N5O2/c1-4-20-18-21(27-26(33)29-16-14-28(15-17-29)25(32)6-3)9-10-24(20)30-13-11-23(19-30)31-12-7-8-22(31)5-2/h4-6,9-10,18,22-23H,1-3,7-8,11-17,19H2,(H,27,33). The van der Waals surface area contributed by atoms with E-state index in [0.717, 1.165) is 43.0 Å². The molecule has 3 amide bonds. The zero-order valence-electron chi connectivity index (χ0n) is 19.4. The molecule has 0 radical (unpaired) electrons. The highest BCUT2D eigenvalue weighted by molar-refractivity contribution is 5.91. The van der Waals surface area contributed by atoms with Crippen molar-refractivity contribution in [2.45, 2.75) is 31.3 Å². The van der Waals surface area contributed by atoms with Crippen LogP contribution in [0.25, 0.3) is 6.08 Å². The average molecular weight is 450 g/mol. The Morgan fingerprint density at radius 3 is 2.42 bits per heavy atom. The molecule has 0 aromatic heterocycles. The van der Waals surface area contributed by atoms with Gasteiger partial charge in [-0.25, -0.2) is 4.79 Å². The van der Waals surface area contributed by atoms with Gasteiger partial charge in [0, 0.05) is 62.7 Å². The van der Waals surface area contributed by atoms with E-state index in [4.69, 9.17) is 0 Å². The Morgan fingerprint density at radius 1 is 0.970 bits per heavy atom.